The molecule has 6 heteroatoms. The van der Waals surface area contributed by atoms with Gasteiger partial charge in [0.1, 0.15) is 5.82 Å². The van der Waals surface area contributed by atoms with E-state index in [9.17, 15) is 0 Å². The second-order valence-electron chi connectivity index (χ2n) is 6.86. The highest BCUT2D eigenvalue weighted by Crippen LogP contribution is 2.36. The number of halogens is 1. The van der Waals surface area contributed by atoms with Gasteiger partial charge in [-0.2, -0.15) is 4.98 Å². The number of benzene rings is 1. The molecule has 0 bridgehead atoms. The second-order valence-corrected chi connectivity index (χ2v) is 7.27. The van der Waals surface area contributed by atoms with Crippen molar-refractivity contribution >= 4 is 23.4 Å². The zero-order valence-corrected chi connectivity index (χ0v) is 15.2. The van der Waals surface area contributed by atoms with Crippen LogP contribution in [-0.4, -0.2) is 29.7 Å². The Balaban J connectivity index is 1.77. The summed E-state index contributed by atoms with van der Waals surface area (Å²) in [6, 6.07) is 6.43. The fraction of sp³-hybridized carbons (Fsp3) is 0.474. The van der Waals surface area contributed by atoms with Crippen molar-refractivity contribution in [3.63, 3.8) is 0 Å². The maximum Gasteiger partial charge on any atom is 0.222 e. The van der Waals surface area contributed by atoms with Gasteiger partial charge in [-0.05, 0) is 55.4 Å². The number of hydrogen-bond acceptors (Lipinski definition) is 5. The highest BCUT2D eigenvalue weighted by atomic mass is 35.5. The van der Waals surface area contributed by atoms with Gasteiger partial charge in [0, 0.05) is 29.9 Å². The maximum atomic E-state index is 6.67. The molecular weight excluding hydrogens is 336 g/mol. The van der Waals surface area contributed by atoms with E-state index in [1.54, 1.807) is 0 Å². The minimum Gasteiger partial charge on any atom is -0.379 e. The van der Waals surface area contributed by atoms with Crippen LogP contribution in [0.4, 0.5) is 11.8 Å². The number of ether oxygens (including phenoxy) is 1. The van der Waals surface area contributed by atoms with Gasteiger partial charge in [-0.1, -0.05) is 17.7 Å². The average molecular weight is 359 g/mol. The summed E-state index contributed by atoms with van der Waals surface area (Å²) in [5.74, 6) is 1.15. The molecule has 5 nitrogen and oxygen atoms in total. The molecule has 2 N–H and O–H groups in total. The Bertz CT molecular complexity index is 775. The fourth-order valence-corrected chi connectivity index (χ4v) is 4.21. The molecule has 1 aliphatic heterocycles. The number of nitrogens with zero attached hydrogens (tertiary/aromatic N) is 3. The number of rotatable bonds is 2. The van der Waals surface area contributed by atoms with Crippen LogP contribution in [0.15, 0.2) is 18.2 Å². The van der Waals surface area contributed by atoms with E-state index in [4.69, 9.17) is 22.1 Å². The first kappa shape index (κ1) is 16.6. The van der Waals surface area contributed by atoms with E-state index >= 15 is 0 Å². The highest BCUT2D eigenvalue weighted by molar-refractivity contribution is 6.31. The molecule has 0 radical (unpaired) electrons. The molecule has 0 spiro atoms. The molecule has 4 rings (SSSR count). The maximum absolute atomic E-state index is 6.67. The summed E-state index contributed by atoms with van der Waals surface area (Å²) in [7, 11) is 0. The molecule has 1 aromatic heterocycles. The van der Waals surface area contributed by atoms with E-state index in [-0.39, 0.29) is 6.04 Å². The first-order valence-corrected chi connectivity index (χ1v) is 9.26. The number of nitrogen functional groups attached to an aromatic ring is 1. The van der Waals surface area contributed by atoms with Gasteiger partial charge in [0.25, 0.3) is 0 Å². The standard InChI is InChI=1S/C19H23ClN4O/c1-12-8-18(23-19(21)22-12)24-6-3-7-25-11-17(24)15-9-13-4-2-5-14(13)10-16(15)20/h8-10,17H,2-7,11H2,1H3,(H2,21,22,23)/t17-/m1/s1. The van der Waals surface area contributed by atoms with Crippen molar-refractivity contribution in [1.82, 2.24) is 9.97 Å². The van der Waals surface area contributed by atoms with Crippen LogP contribution < -0.4 is 10.6 Å². The highest BCUT2D eigenvalue weighted by Gasteiger charge is 2.28. The lowest BCUT2D eigenvalue weighted by Crippen LogP contribution is -2.32. The molecule has 1 fully saturated rings. The number of nitrogens with two attached hydrogens (primary N) is 1. The van der Waals surface area contributed by atoms with Crippen molar-refractivity contribution in [2.24, 2.45) is 0 Å². The predicted molar refractivity (Wildman–Crippen MR) is 100 cm³/mol. The first-order chi connectivity index (χ1) is 12.1. The van der Waals surface area contributed by atoms with Crippen LogP contribution in [0.3, 0.4) is 0 Å². The molecule has 132 valence electrons. The Hall–Kier alpha value is -1.85. The van der Waals surface area contributed by atoms with Crippen LogP contribution in [0.25, 0.3) is 0 Å². The molecule has 2 aromatic rings. The Morgan fingerprint density at radius 2 is 1.96 bits per heavy atom. The summed E-state index contributed by atoms with van der Waals surface area (Å²) in [6.07, 6.45) is 4.41. The number of aryl methyl sites for hydroxylation is 3. The molecular formula is C19H23ClN4O. The summed E-state index contributed by atoms with van der Waals surface area (Å²) in [4.78, 5) is 10.9. The van der Waals surface area contributed by atoms with E-state index < -0.39 is 0 Å². The minimum absolute atomic E-state index is 0.0367. The van der Waals surface area contributed by atoms with E-state index in [0.717, 1.165) is 54.5 Å². The van der Waals surface area contributed by atoms with Gasteiger partial charge < -0.3 is 15.4 Å². The lowest BCUT2D eigenvalue weighted by atomic mass is 10.00. The molecule has 2 aliphatic rings. The Morgan fingerprint density at radius 1 is 1.16 bits per heavy atom. The zero-order valence-electron chi connectivity index (χ0n) is 14.5. The van der Waals surface area contributed by atoms with Crippen LogP contribution in [-0.2, 0) is 17.6 Å². The summed E-state index contributed by atoms with van der Waals surface area (Å²) in [5, 5.41) is 0.819. The van der Waals surface area contributed by atoms with Gasteiger partial charge in [0.2, 0.25) is 5.95 Å². The summed E-state index contributed by atoms with van der Waals surface area (Å²) in [6.45, 7) is 4.14. The Labute approximate surface area is 153 Å². The number of aromatic nitrogens is 2. The molecule has 0 amide bonds. The largest absolute Gasteiger partial charge is 0.379 e. The number of hydrogen-bond donors (Lipinski definition) is 1. The van der Waals surface area contributed by atoms with Crippen LogP contribution in [0.2, 0.25) is 5.02 Å². The quantitative estimate of drug-likeness (QED) is 0.890. The predicted octanol–water partition coefficient (Wildman–Crippen LogP) is 3.48. The molecule has 0 unspecified atom stereocenters. The molecule has 1 aromatic carbocycles. The second kappa shape index (κ2) is 6.81. The van der Waals surface area contributed by atoms with Gasteiger partial charge in [-0.3, -0.25) is 0 Å². The zero-order chi connectivity index (χ0) is 17.4. The van der Waals surface area contributed by atoms with Crippen molar-refractivity contribution in [3.05, 3.63) is 45.6 Å². The van der Waals surface area contributed by atoms with Crippen molar-refractivity contribution in [2.45, 2.75) is 38.6 Å². The van der Waals surface area contributed by atoms with Gasteiger partial charge >= 0.3 is 0 Å². The average Bonchev–Trinajstić information content (AvgIpc) is 2.87. The third-order valence-electron chi connectivity index (χ3n) is 5.06. The smallest absolute Gasteiger partial charge is 0.222 e. The van der Waals surface area contributed by atoms with E-state index in [1.165, 1.54) is 17.5 Å². The van der Waals surface area contributed by atoms with Gasteiger partial charge in [0.05, 0.1) is 12.6 Å². The number of fused-ring (bicyclic) bond motifs is 1. The topological polar surface area (TPSA) is 64.3 Å². The molecule has 1 saturated heterocycles. The summed E-state index contributed by atoms with van der Waals surface area (Å²) >= 11 is 6.67. The van der Waals surface area contributed by atoms with E-state index in [0.29, 0.717) is 12.6 Å². The van der Waals surface area contributed by atoms with Crippen molar-refractivity contribution < 1.29 is 4.74 Å². The summed E-state index contributed by atoms with van der Waals surface area (Å²) in [5.41, 5.74) is 10.7. The van der Waals surface area contributed by atoms with Crippen LogP contribution in [0.1, 0.15) is 41.3 Å². The lowest BCUT2D eigenvalue weighted by molar-refractivity contribution is 0.134. The van der Waals surface area contributed by atoms with E-state index in [1.807, 2.05) is 13.0 Å². The fourth-order valence-electron chi connectivity index (χ4n) is 3.90. The first-order valence-electron chi connectivity index (χ1n) is 8.88. The number of anilines is 2. The van der Waals surface area contributed by atoms with Crippen LogP contribution >= 0.6 is 11.6 Å². The normalized spacial score (nSPS) is 20.4. The lowest BCUT2D eigenvalue weighted by Gasteiger charge is -2.32. The van der Waals surface area contributed by atoms with E-state index in [2.05, 4.69) is 27.0 Å². The van der Waals surface area contributed by atoms with Gasteiger partial charge in [0.15, 0.2) is 0 Å². The molecule has 0 saturated carbocycles. The molecule has 25 heavy (non-hydrogen) atoms. The van der Waals surface area contributed by atoms with Gasteiger partial charge in [-0.25, -0.2) is 4.98 Å². The Kier molecular flexibility index (Phi) is 4.52. The van der Waals surface area contributed by atoms with Crippen LogP contribution in [0, 0.1) is 6.92 Å². The monoisotopic (exact) mass is 358 g/mol. The summed E-state index contributed by atoms with van der Waals surface area (Å²) < 4.78 is 5.87. The minimum atomic E-state index is 0.0367. The van der Waals surface area contributed by atoms with Crippen molar-refractivity contribution in [1.29, 1.82) is 0 Å². The third kappa shape index (κ3) is 3.31. The molecule has 1 atom stereocenters. The van der Waals surface area contributed by atoms with Gasteiger partial charge in [-0.15, -0.1) is 0 Å². The van der Waals surface area contributed by atoms with Crippen molar-refractivity contribution in [2.75, 3.05) is 30.4 Å². The molecule has 1 aliphatic carbocycles. The Morgan fingerprint density at radius 3 is 2.76 bits per heavy atom. The SMILES string of the molecule is Cc1cc(N2CCCOC[C@@H]2c2cc3c(cc2Cl)CCC3)nc(N)n1. The van der Waals surface area contributed by atoms with Crippen molar-refractivity contribution in [3.8, 4) is 0 Å². The molecule has 2 heterocycles. The third-order valence-corrected chi connectivity index (χ3v) is 5.39. The van der Waals surface area contributed by atoms with Crippen LogP contribution in [0.5, 0.6) is 0 Å².